The normalized spacial score (nSPS) is 15.4. The third kappa shape index (κ3) is 5.01. The molecule has 1 heterocycles. The molecule has 3 aromatic rings. The third-order valence-corrected chi connectivity index (χ3v) is 5.73. The van der Waals surface area contributed by atoms with Gasteiger partial charge in [0.05, 0.1) is 0 Å². The van der Waals surface area contributed by atoms with Gasteiger partial charge in [-0.15, -0.1) is 0 Å². The van der Waals surface area contributed by atoms with Gasteiger partial charge >= 0.3 is 0 Å². The lowest BCUT2D eigenvalue weighted by atomic mass is 10.0. The molecule has 0 saturated carbocycles. The summed E-state index contributed by atoms with van der Waals surface area (Å²) in [6.07, 6.45) is 2.22. The van der Waals surface area contributed by atoms with Crippen molar-refractivity contribution in [2.45, 2.75) is 25.8 Å². The van der Waals surface area contributed by atoms with E-state index in [1.54, 1.807) is 6.07 Å². The molecule has 0 aromatic heterocycles. The summed E-state index contributed by atoms with van der Waals surface area (Å²) >= 11 is 0. The first-order valence-corrected chi connectivity index (χ1v) is 10.4. The number of aryl methyl sites for hydroxylation is 1. The van der Waals surface area contributed by atoms with Gasteiger partial charge in [0.15, 0.2) is 0 Å². The summed E-state index contributed by atoms with van der Waals surface area (Å²) in [6.45, 7) is 3.78. The lowest BCUT2D eigenvalue weighted by Crippen LogP contribution is -2.35. The SMILES string of the molecule is O=C(CCc1ccc2ccccc2c1)N1CCCN(Cc2ccccc2F)CC1. The van der Waals surface area contributed by atoms with Gasteiger partial charge in [-0.3, -0.25) is 9.69 Å². The maximum atomic E-state index is 13.9. The zero-order valence-electron chi connectivity index (χ0n) is 16.7. The number of carbonyl (C=O) groups is 1. The molecule has 1 fully saturated rings. The van der Waals surface area contributed by atoms with Crippen LogP contribution in [0, 0.1) is 5.82 Å². The van der Waals surface area contributed by atoms with Crippen molar-refractivity contribution in [3.05, 3.63) is 83.7 Å². The van der Waals surface area contributed by atoms with Crippen LogP contribution in [0.15, 0.2) is 66.7 Å². The Balaban J connectivity index is 1.30. The molecule has 150 valence electrons. The van der Waals surface area contributed by atoms with Crippen molar-refractivity contribution < 1.29 is 9.18 Å². The molecule has 3 nitrogen and oxygen atoms in total. The number of carbonyl (C=O) groups excluding carboxylic acids is 1. The molecule has 1 aliphatic rings. The predicted octanol–water partition coefficient (Wildman–Crippen LogP) is 4.65. The van der Waals surface area contributed by atoms with Crippen LogP contribution in [-0.4, -0.2) is 41.9 Å². The summed E-state index contributed by atoms with van der Waals surface area (Å²) in [5, 5.41) is 2.45. The first kappa shape index (κ1) is 19.6. The summed E-state index contributed by atoms with van der Waals surface area (Å²) < 4.78 is 13.9. The number of hydrogen-bond donors (Lipinski definition) is 0. The topological polar surface area (TPSA) is 23.6 Å². The molecule has 3 aromatic carbocycles. The van der Waals surface area contributed by atoms with E-state index in [2.05, 4.69) is 35.2 Å². The fourth-order valence-corrected chi connectivity index (χ4v) is 4.05. The van der Waals surface area contributed by atoms with Gasteiger partial charge in [0, 0.05) is 44.7 Å². The van der Waals surface area contributed by atoms with Crippen molar-refractivity contribution in [2.24, 2.45) is 0 Å². The summed E-state index contributed by atoms with van der Waals surface area (Å²) in [6, 6.07) is 21.7. The smallest absolute Gasteiger partial charge is 0.222 e. The Morgan fingerprint density at radius 3 is 2.52 bits per heavy atom. The molecule has 0 unspecified atom stereocenters. The van der Waals surface area contributed by atoms with Crippen molar-refractivity contribution in [2.75, 3.05) is 26.2 Å². The second kappa shape index (κ2) is 9.19. The lowest BCUT2D eigenvalue weighted by Gasteiger charge is -2.22. The van der Waals surface area contributed by atoms with Gasteiger partial charge in [0.25, 0.3) is 0 Å². The van der Waals surface area contributed by atoms with Crippen molar-refractivity contribution in [1.29, 1.82) is 0 Å². The second-order valence-electron chi connectivity index (χ2n) is 7.78. The Morgan fingerprint density at radius 2 is 1.66 bits per heavy atom. The van der Waals surface area contributed by atoms with E-state index in [1.165, 1.54) is 22.4 Å². The Kier molecular flexibility index (Phi) is 6.20. The molecule has 4 heteroatoms. The predicted molar refractivity (Wildman–Crippen MR) is 115 cm³/mol. The van der Waals surface area contributed by atoms with Crippen molar-refractivity contribution in [3.63, 3.8) is 0 Å². The van der Waals surface area contributed by atoms with Crippen LogP contribution in [0.4, 0.5) is 4.39 Å². The summed E-state index contributed by atoms with van der Waals surface area (Å²) in [4.78, 5) is 17.0. The van der Waals surface area contributed by atoms with E-state index in [4.69, 9.17) is 0 Å². The minimum absolute atomic E-state index is 0.153. The first-order valence-electron chi connectivity index (χ1n) is 10.4. The van der Waals surface area contributed by atoms with E-state index >= 15 is 0 Å². The molecular weight excluding hydrogens is 363 g/mol. The van der Waals surface area contributed by atoms with Crippen LogP contribution in [0.1, 0.15) is 24.0 Å². The van der Waals surface area contributed by atoms with Gasteiger partial charge in [0.1, 0.15) is 5.82 Å². The zero-order chi connectivity index (χ0) is 20.1. The van der Waals surface area contributed by atoms with Crippen LogP contribution in [0.25, 0.3) is 10.8 Å². The molecule has 0 atom stereocenters. The van der Waals surface area contributed by atoms with Gasteiger partial charge in [-0.25, -0.2) is 4.39 Å². The molecule has 1 amide bonds. The van der Waals surface area contributed by atoms with Gasteiger partial charge in [0.2, 0.25) is 5.91 Å². The summed E-state index contributed by atoms with van der Waals surface area (Å²) in [5.74, 6) is 0.0611. The molecule has 0 spiro atoms. The van der Waals surface area contributed by atoms with Gasteiger partial charge in [-0.2, -0.15) is 0 Å². The molecule has 0 bridgehead atoms. The molecule has 0 aliphatic carbocycles. The Hall–Kier alpha value is -2.72. The Morgan fingerprint density at radius 1 is 0.862 bits per heavy atom. The number of benzene rings is 3. The van der Waals surface area contributed by atoms with Gasteiger partial charge in [-0.1, -0.05) is 60.7 Å². The minimum Gasteiger partial charge on any atom is -0.341 e. The van der Waals surface area contributed by atoms with Crippen LogP contribution in [0.2, 0.25) is 0 Å². The van der Waals surface area contributed by atoms with E-state index in [-0.39, 0.29) is 11.7 Å². The van der Waals surface area contributed by atoms with E-state index in [9.17, 15) is 9.18 Å². The van der Waals surface area contributed by atoms with Gasteiger partial charge < -0.3 is 4.90 Å². The van der Waals surface area contributed by atoms with E-state index < -0.39 is 0 Å². The number of amides is 1. The highest BCUT2D eigenvalue weighted by Gasteiger charge is 2.19. The van der Waals surface area contributed by atoms with Crippen LogP contribution < -0.4 is 0 Å². The zero-order valence-corrected chi connectivity index (χ0v) is 16.7. The molecule has 0 N–H and O–H groups in total. The lowest BCUT2D eigenvalue weighted by molar-refractivity contribution is -0.131. The van der Waals surface area contributed by atoms with Crippen LogP contribution >= 0.6 is 0 Å². The van der Waals surface area contributed by atoms with E-state index in [0.29, 0.717) is 19.5 Å². The average Bonchev–Trinajstić information content (AvgIpc) is 2.99. The van der Waals surface area contributed by atoms with Crippen molar-refractivity contribution in [3.8, 4) is 0 Å². The number of halogens is 1. The maximum Gasteiger partial charge on any atom is 0.222 e. The quantitative estimate of drug-likeness (QED) is 0.633. The van der Waals surface area contributed by atoms with Crippen LogP contribution in [0.3, 0.4) is 0 Å². The molecule has 1 saturated heterocycles. The van der Waals surface area contributed by atoms with Gasteiger partial charge in [-0.05, 0) is 35.2 Å². The highest BCUT2D eigenvalue weighted by Crippen LogP contribution is 2.17. The van der Waals surface area contributed by atoms with E-state index in [0.717, 1.165) is 38.0 Å². The molecule has 4 rings (SSSR count). The number of nitrogens with zero attached hydrogens (tertiary/aromatic N) is 2. The second-order valence-corrected chi connectivity index (χ2v) is 7.78. The first-order chi connectivity index (χ1) is 14.2. The van der Waals surface area contributed by atoms with E-state index in [1.807, 2.05) is 29.2 Å². The monoisotopic (exact) mass is 390 g/mol. The Bertz CT molecular complexity index is 987. The Labute approximate surface area is 171 Å². The highest BCUT2D eigenvalue weighted by atomic mass is 19.1. The molecular formula is C25H27FN2O. The summed E-state index contributed by atoms with van der Waals surface area (Å²) in [5.41, 5.74) is 1.93. The summed E-state index contributed by atoms with van der Waals surface area (Å²) in [7, 11) is 0. The number of fused-ring (bicyclic) bond motifs is 1. The minimum atomic E-state index is -0.153. The molecule has 1 aliphatic heterocycles. The van der Waals surface area contributed by atoms with Crippen molar-refractivity contribution in [1.82, 2.24) is 9.80 Å². The fourth-order valence-electron chi connectivity index (χ4n) is 4.05. The standard InChI is InChI=1S/C25H27FN2O/c26-24-9-4-3-8-23(24)19-27-14-5-15-28(17-16-27)25(29)13-11-20-10-12-21-6-1-2-7-22(21)18-20/h1-4,6-10,12,18H,5,11,13-17,19H2. The molecule has 0 radical (unpaired) electrons. The number of hydrogen-bond acceptors (Lipinski definition) is 2. The third-order valence-electron chi connectivity index (χ3n) is 5.73. The van der Waals surface area contributed by atoms with Crippen LogP contribution in [-0.2, 0) is 17.8 Å². The largest absolute Gasteiger partial charge is 0.341 e. The highest BCUT2D eigenvalue weighted by molar-refractivity contribution is 5.83. The maximum absolute atomic E-state index is 13.9. The van der Waals surface area contributed by atoms with Crippen LogP contribution in [0.5, 0.6) is 0 Å². The average molecular weight is 391 g/mol. The number of rotatable bonds is 5. The molecule has 29 heavy (non-hydrogen) atoms. The fraction of sp³-hybridized carbons (Fsp3) is 0.320. The van der Waals surface area contributed by atoms with Crippen molar-refractivity contribution >= 4 is 16.7 Å².